The normalized spacial score (nSPS) is 23.5. The fraction of sp³-hybridized carbons (Fsp3) is 0.429. The highest BCUT2D eigenvalue weighted by atomic mass is 16.2. The average molecular weight is 258 g/mol. The van der Waals surface area contributed by atoms with Crippen LogP contribution in [0.15, 0.2) is 30.6 Å². The van der Waals surface area contributed by atoms with Gasteiger partial charge in [0, 0.05) is 31.4 Å². The second kappa shape index (κ2) is 4.66. The number of pyridine rings is 1. The van der Waals surface area contributed by atoms with Gasteiger partial charge in [0.1, 0.15) is 5.65 Å². The first-order chi connectivity index (χ1) is 9.20. The fourth-order valence-electron chi connectivity index (χ4n) is 2.80. The van der Waals surface area contributed by atoms with E-state index in [9.17, 15) is 4.79 Å². The minimum absolute atomic E-state index is 0.0904. The van der Waals surface area contributed by atoms with Crippen LogP contribution in [0.25, 0.3) is 5.65 Å². The number of aromatic nitrogens is 2. The Balaban J connectivity index is 2.00. The molecule has 19 heavy (non-hydrogen) atoms. The van der Waals surface area contributed by atoms with Gasteiger partial charge in [-0.25, -0.2) is 4.98 Å². The summed E-state index contributed by atoms with van der Waals surface area (Å²) in [4.78, 5) is 18.5. The van der Waals surface area contributed by atoms with Crippen molar-refractivity contribution in [3.05, 3.63) is 36.3 Å². The van der Waals surface area contributed by atoms with Gasteiger partial charge in [-0.2, -0.15) is 0 Å². The average Bonchev–Trinajstić information content (AvgIpc) is 2.91. The third kappa shape index (κ3) is 2.00. The number of carbonyl (C=O) groups excluding carboxylic acids is 1. The van der Waals surface area contributed by atoms with Gasteiger partial charge in [0.2, 0.25) is 5.91 Å². The molecule has 1 fully saturated rings. The van der Waals surface area contributed by atoms with Crippen molar-refractivity contribution in [3.8, 4) is 0 Å². The maximum Gasteiger partial charge on any atom is 0.224 e. The van der Waals surface area contributed by atoms with E-state index in [1.54, 1.807) is 0 Å². The minimum Gasteiger partial charge on any atom is -0.332 e. The van der Waals surface area contributed by atoms with Crippen LogP contribution in [0, 0.1) is 0 Å². The molecule has 0 aromatic carbocycles. The van der Waals surface area contributed by atoms with Crippen molar-refractivity contribution in [2.45, 2.75) is 31.8 Å². The van der Waals surface area contributed by atoms with Crippen molar-refractivity contribution >= 4 is 11.6 Å². The van der Waals surface area contributed by atoms with E-state index in [0.29, 0.717) is 6.42 Å². The summed E-state index contributed by atoms with van der Waals surface area (Å²) in [5.74, 6) is 0.136. The van der Waals surface area contributed by atoms with Gasteiger partial charge < -0.3 is 15.0 Å². The van der Waals surface area contributed by atoms with Gasteiger partial charge in [0.25, 0.3) is 0 Å². The monoisotopic (exact) mass is 258 g/mol. The molecule has 2 aromatic rings. The van der Waals surface area contributed by atoms with Crippen LogP contribution in [-0.2, 0) is 4.79 Å². The number of amides is 1. The topological polar surface area (TPSA) is 63.6 Å². The molecule has 0 aliphatic carbocycles. The van der Waals surface area contributed by atoms with E-state index < -0.39 is 0 Å². The molecule has 0 radical (unpaired) electrons. The molecule has 1 aliphatic heterocycles. The smallest absolute Gasteiger partial charge is 0.224 e. The first-order valence-corrected chi connectivity index (χ1v) is 6.69. The number of imidazole rings is 1. The predicted octanol–water partition coefficient (Wildman–Crippen LogP) is 1.34. The second-order valence-corrected chi connectivity index (χ2v) is 5.03. The highest BCUT2D eigenvalue weighted by Gasteiger charge is 2.39. The van der Waals surface area contributed by atoms with Crippen molar-refractivity contribution in [3.63, 3.8) is 0 Å². The molecule has 2 N–H and O–H groups in total. The quantitative estimate of drug-likeness (QED) is 0.903. The maximum absolute atomic E-state index is 12.0. The van der Waals surface area contributed by atoms with E-state index in [-0.39, 0.29) is 18.0 Å². The van der Waals surface area contributed by atoms with Crippen molar-refractivity contribution in [2.75, 3.05) is 6.54 Å². The number of nitrogens with zero attached hydrogens (tertiary/aromatic N) is 3. The second-order valence-electron chi connectivity index (χ2n) is 5.03. The molecule has 2 aromatic heterocycles. The largest absolute Gasteiger partial charge is 0.332 e. The molecule has 5 heteroatoms. The zero-order chi connectivity index (χ0) is 13.4. The van der Waals surface area contributed by atoms with Crippen molar-refractivity contribution in [2.24, 2.45) is 5.73 Å². The van der Waals surface area contributed by atoms with Crippen LogP contribution in [0.1, 0.15) is 31.5 Å². The van der Waals surface area contributed by atoms with E-state index in [1.807, 2.05) is 39.9 Å². The summed E-state index contributed by atoms with van der Waals surface area (Å²) in [6.07, 6.45) is 5.28. The number of hydrogen-bond donors (Lipinski definition) is 1. The van der Waals surface area contributed by atoms with Crippen LogP contribution in [-0.4, -0.2) is 32.8 Å². The highest BCUT2D eigenvalue weighted by molar-refractivity contribution is 5.80. The lowest BCUT2D eigenvalue weighted by Gasteiger charge is -2.24. The lowest BCUT2D eigenvalue weighted by molar-refractivity contribution is -0.129. The molecule has 3 heterocycles. The molecule has 0 saturated carbocycles. The maximum atomic E-state index is 12.0. The van der Waals surface area contributed by atoms with Crippen molar-refractivity contribution in [1.82, 2.24) is 14.3 Å². The van der Waals surface area contributed by atoms with Crippen LogP contribution in [0.2, 0.25) is 0 Å². The Kier molecular flexibility index (Phi) is 2.98. The summed E-state index contributed by atoms with van der Waals surface area (Å²) in [7, 11) is 0. The number of nitrogens with two attached hydrogens (primary N) is 1. The third-order valence-corrected chi connectivity index (χ3v) is 3.62. The SMILES string of the molecule is CCCN1C(=O)CC(N)C1c1cn2ccccc2n1. The minimum atomic E-state index is -0.163. The van der Waals surface area contributed by atoms with Crippen LogP contribution in [0.3, 0.4) is 0 Å². The predicted molar refractivity (Wildman–Crippen MR) is 72.5 cm³/mol. The molecule has 2 atom stereocenters. The zero-order valence-corrected chi connectivity index (χ0v) is 11.0. The van der Waals surface area contributed by atoms with E-state index in [2.05, 4.69) is 11.9 Å². The fourth-order valence-corrected chi connectivity index (χ4v) is 2.80. The number of rotatable bonds is 3. The van der Waals surface area contributed by atoms with E-state index >= 15 is 0 Å². The molecule has 0 spiro atoms. The number of carbonyl (C=O) groups is 1. The molecular formula is C14H18N4O. The van der Waals surface area contributed by atoms with Crippen LogP contribution >= 0.6 is 0 Å². The van der Waals surface area contributed by atoms with E-state index in [1.165, 1.54) is 0 Å². The van der Waals surface area contributed by atoms with Crippen molar-refractivity contribution in [1.29, 1.82) is 0 Å². The number of hydrogen-bond acceptors (Lipinski definition) is 3. The third-order valence-electron chi connectivity index (χ3n) is 3.62. The molecule has 100 valence electrons. The summed E-state index contributed by atoms with van der Waals surface area (Å²) in [5, 5.41) is 0. The van der Waals surface area contributed by atoms with Gasteiger partial charge in [-0.15, -0.1) is 0 Å². The summed E-state index contributed by atoms with van der Waals surface area (Å²) < 4.78 is 1.97. The lowest BCUT2D eigenvalue weighted by Crippen LogP contribution is -2.33. The van der Waals surface area contributed by atoms with Gasteiger partial charge in [0.15, 0.2) is 0 Å². The molecule has 3 rings (SSSR count). The van der Waals surface area contributed by atoms with Crippen LogP contribution in [0.4, 0.5) is 0 Å². The Morgan fingerprint density at radius 2 is 2.32 bits per heavy atom. The van der Waals surface area contributed by atoms with Gasteiger partial charge >= 0.3 is 0 Å². The van der Waals surface area contributed by atoms with Crippen LogP contribution < -0.4 is 5.73 Å². The van der Waals surface area contributed by atoms with Gasteiger partial charge in [0.05, 0.1) is 11.7 Å². The van der Waals surface area contributed by atoms with Gasteiger partial charge in [-0.1, -0.05) is 13.0 Å². The summed E-state index contributed by atoms with van der Waals surface area (Å²) >= 11 is 0. The number of fused-ring (bicyclic) bond motifs is 1. The number of likely N-dealkylation sites (tertiary alicyclic amines) is 1. The standard InChI is InChI=1S/C14H18N4O/c1-2-6-18-13(19)8-10(15)14(18)11-9-17-7-4-3-5-12(17)16-11/h3-5,7,9-10,14H,2,6,8,15H2,1H3. The van der Waals surface area contributed by atoms with Gasteiger partial charge in [-0.05, 0) is 18.6 Å². The first kappa shape index (κ1) is 12.2. The van der Waals surface area contributed by atoms with Gasteiger partial charge in [-0.3, -0.25) is 4.79 Å². The Morgan fingerprint density at radius 1 is 1.47 bits per heavy atom. The first-order valence-electron chi connectivity index (χ1n) is 6.69. The highest BCUT2D eigenvalue weighted by Crippen LogP contribution is 2.31. The molecule has 1 amide bonds. The molecule has 0 bridgehead atoms. The lowest BCUT2D eigenvalue weighted by atomic mass is 10.1. The molecule has 5 nitrogen and oxygen atoms in total. The van der Waals surface area contributed by atoms with Crippen LogP contribution in [0.5, 0.6) is 0 Å². The Morgan fingerprint density at radius 3 is 3.05 bits per heavy atom. The Hall–Kier alpha value is -1.88. The van der Waals surface area contributed by atoms with E-state index in [4.69, 9.17) is 5.73 Å². The molecule has 2 unspecified atom stereocenters. The Bertz CT molecular complexity index is 573. The summed E-state index contributed by atoms with van der Waals surface area (Å²) in [5.41, 5.74) is 7.91. The molecule has 1 saturated heterocycles. The summed E-state index contributed by atoms with van der Waals surface area (Å²) in [6, 6.07) is 5.62. The molecule has 1 aliphatic rings. The van der Waals surface area contributed by atoms with E-state index in [0.717, 1.165) is 24.3 Å². The Labute approximate surface area is 112 Å². The molecular weight excluding hydrogens is 240 g/mol. The summed E-state index contributed by atoms with van der Waals surface area (Å²) in [6.45, 7) is 2.81. The van der Waals surface area contributed by atoms with Crippen molar-refractivity contribution < 1.29 is 4.79 Å². The zero-order valence-electron chi connectivity index (χ0n) is 11.0.